The van der Waals surface area contributed by atoms with E-state index in [1.165, 1.54) is 11.5 Å². The van der Waals surface area contributed by atoms with Crippen molar-refractivity contribution in [1.29, 1.82) is 0 Å². The SMILES string of the molecule is C[C@@H](CN)C(=O)Nc1ccc2cnsc2c1. The molecule has 0 saturated heterocycles. The van der Waals surface area contributed by atoms with Crippen molar-refractivity contribution in [3.05, 3.63) is 24.4 Å². The standard InChI is InChI=1S/C11H13N3OS/c1-7(5-12)11(15)14-9-3-2-8-6-13-16-10(8)4-9/h2-4,6-7H,5,12H2,1H3,(H,14,15)/t7-/m0/s1. The van der Waals surface area contributed by atoms with Gasteiger partial charge in [-0.25, -0.2) is 0 Å². The van der Waals surface area contributed by atoms with E-state index in [4.69, 9.17) is 5.73 Å². The van der Waals surface area contributed by atoms with E-state index in [1.54, 1.807) is 6.92 Å². The van der Waals surface area contributed by atoms with E-state index in [-0.39, 0.29) is 11.8 Å². The molecule has 1 amide bonds. The zero-order valence-electron chi connectivity index (χ0n) is 8.93. The van der Waals surface area contributed by atoms with Crippen LogP contribution < -0.4 is 11.1 Å². The van der Waals surface area contributed by atoms with Crippen LogP contribution in [-0.4, -0.2) is 16.8 Å². The topological polar surface area (TPSA) is 68.0 Å². The third kappa shape index (κ3) is 2.20. The molecule has 1 atom stereocenters. The lowest BCUT2D eigenvalue weighted by Crippen LogP contribution is -2.26. The summed E-state index contributed by atoms with van der Waals surface area (Å²) in [7, 11) is 0. The van der Waals surface area contributed by atoms with Crippen LogP contribution in [0.15, 0.2) is 24.4 Å². The maximum atomic E-state index is 11.6. The summed E-state index contributed by atoms with van der Waals surface area (Å²) in [6, 6.07) is 5.74. The number of nitrogens with zero attached hydrogens (tertiary/aromatic N) is 1. The molecule has 5 heteroatoms. The van der Waals surface area contributed by atoms with Crippen LogP contribution in [0.5, 0.6) is 0 Å². The molecule has 0 saturated carbocycles. The van der Waals surface area contributed by atoms with Crippen molar-refractivity contribution in [3.63, 3.8) is 0 Å². The maximum Gasteiger partial charge on any atom is 0.228 e. The summed E-state index contributed by atoms with van der Waals surface area (Å²) in [4.78, 5) is 11.6. The number of nitrogens with two attached hydrogens (primary N) is 1. The van der Waals surface area contributed by atoms with Crippen molar-refractivity contribution in [3.8, 4) is 0 Å². The molecule has 3 N–H and O–H groups in total. The quantitative estimate of drug-likeness (QED) is 0.852. The van der Waals surface area contributed by atoms with Gasteiger partial charge in [0, 0.05) is 29.7 Å². The molecule has 0 spiro atoms. The van der Waals surface area contributed by atoms with E-state index in [0.29, 0.717) is 6.54 Å². The minimum absolute atomic E-state index is 0.0497. The van der Waals surface area contributed by atoms with Gasteiger partial charge in [0.15, 0.2) is 0 Å². The first kappa shape index (κ1) is 11.0. The number of aromatic nitrogens is 1. The third-order valence-electron chi connectivity index (χ3n) is 2.43. The predicted octanol–water partition coefficient (Wildman–Crippen LogP) is 1.83. The normalized spacial score (nSPS) is 12.6. The zero-order valence-corrected chi connectivity index (χ0v) is 9.75. The highest BCUT2D eigenvalue weighted by molar-refractivity contribution is 7.13. The van der Waals surface area contributed by atoms with Crippen LogP contribution in [0.2, 0.25) is 0 Å². The molecule has 0 aliphatic rings. The summed E-state index contributed by atoms with van der Waals surface area (Å²) in [6.07, 6.45) is 1.81. The van der Waals surface area contributed by atoms with Crippen molar-refractivity contribution >= 4 is 33.2 Å². The number of nitrogens with one attached hydrogen (secondary N) is 1. The van der Waals surface area contributed by atoms with Gasteiger partial charge in [-0.05, 0) is 29.7 Å². The first-order valence-corrected chi connectivity index (χ1v) is 5.83. The van der Waals surface area contributed by atoms with E-state index in [0.717, 1.165) is 15.8 Å². The Kier molecular flexibility index (Phi) is 3.17. The van der Waals surface area contributed by atoms with Crippen LogP contribution in [0.1, 0.15) is 6.92 Å². The highest BCUT2D eigenvalue weighted by atomic mass is 32.1. The second-order valence-corrected chi connectivity index (χ2v) is 4.54. The van der Waals surface area contributed by atoms with E-state index in [9.17, 15) is 4.79 Å². The van der Waals surface area contributed by atoms with Gasteiger partial charge in [-0.2, -0.15) is 4.37 Å². The highest BCUT2D eigenvalue weighted by Crippen LogP contribution is 2.22. The van der Waals surface area contributed by atoms with Crippen molar-refractivity contribution in [1.82, 2.24) is 4.37 Å². The summed E-state index contributed by atoms with van der Waals surface area (Å²) < 4.78 is 5.15. The summed E-state index contributed by atoms with van der Waals surface area (Å²) in [5.41, 5.74) is 6.23. The van der Waals surface area contributed by atoms with Crippen molar-refractivity contribution < 1.29 is 4.79 Å². The summed E-state index contributed by atoms with van der Waals surface area (Å²) in [5, 5.41) is 3.93. The van der Waals surface area contributed by atoms with Crippen molar-refractivity contribution in [2.75, 3.05) is 11.9 Å². The molecule has 84 valence electrons. The second kappa shape index (κ2) is 4.59. The van der Waals surface area contributed by atoms with Gasteiger partial charge in [0.1, 0.15) is 0 Å². The molecule has 1 aromatic heterocycles. The van der Waals surface area contributed by atoms with Crippen molar-refractivity contribution in [2.24, 2.45) is 11.7 Å². The van der Waals surface area contributed by atoms with Crippen LogP contribution in [0.25, 0.3) is 10.1 Å². The Morgan fingerprint density at radius 3 is 3.19 bits per heavy atom. The average molecular weight is 235 g/mol. The summed E-state index contributed by atoms with van der Waals surface area (Å²) in [6.45, 7) is 2.16. The minimum Gasteiger partial charge on any atom is -0.330 e. The summed E-state index contributed by atoms with van der Waals surface area (Å²) >= 11 is 1.42. The monoisotopic (exact) mass is 235 g/mol. The van der Waals surface area contributed by atoms with Crippen molar-refractivity contribution in [2.45, 2.75) is 6.92 Å². The van der Waals surface area contributed by atoms with E-state index >= 15 is 0 Å². The lowest BCUT2D eigenvalue weighted by Gasteiger charge is -2.09. The molecule has 2 aromatic rings. The molecule has 1 aromatic carbocycles. The molecule has 0 radical (unpaired) electrons. The molecule has 0 bridgehead atoms. The third-order valence-corrected chi connectivity index (χ3v) is 3.19. The fraction of sp³-hybridized carbons (Fsp3) is 0.273. The van der Waals surface area contributed by atoms with Gasteiger partial charge in [-0.1, -0.05) is 6.92 Å². The summed E-state index contributed by atoms with van der Waals surface area (Å²) in [5.74, 6) is -0.219. The predicted molar refractivity (Wildman–Crippen MR) is 66.5 cm³/mol. The van der Waals surface area contributed by atoms with Gasteiger partial charge in [-0.15, -0.1) is 0 Å². The molecule has 4 nitrogen and oxygen atoms in total. The van der Waals surface area contributed by atoms with Crippen LogP contribution in [-0.2, 0) is 4.79 Å². The number of anilines is 1. The fourth-order valence-electron chi connectivity index (χ4n) is 1.31. The van der Waals surface area contributed by atoms with E-state index in [1.807, 2.05) is 24.4 Å². The Morgan fingerprint density at radius 1 is 1.62 bits per heavy atom. The zero-order chi connectivity index (χ0) is 11.5. The van der Waals surface area contributed by atoms with Crippen LogP contribution in [0.3, 0.4) is 0 Å². The first-order valence-electron chi connectivity index (χ1n) is 5.06. The molecular formula is C11H13N3OS. The second-order valence-electron chi connectivity index (χ2n) is 3.70. The Labute approximate surface area is 97.6 Å². The molecular weight excluding hydrogens is 222 g/mol. The maximum absolute atomic E-state index is 11.6. The average Bonchev–Trinajstić information content (AvgIpc) is 2.75. The molecule has 1 heterocycles. The number of rotatable bonds is 3. The first-order chi connectivity index (χ1) is 7.70. The van der Waals surface area contributed by atoms with Gasteiger partial charge in [0.05, 0.1) is 4.70 Å². The largest absolute Gasteiger partial charge is 0.330 e. The number of amides is 1. The molecule has 0 fully saturated rings. The van der Waals surface area contributed by atoms with Gasteiger partial charge in [-0.3, -0.25) is 4.79 Å². The highest BCUT2D eigenvalue weighted by Gasteiger charge is 2.10. The molecule has 16 heavy (non-hydrogen) atoms. The number of hydrogen-bond acceptors (Lipinski definition) is 4. The molecule has 0 aliphatic heterocycles. The van der Waals surface area contributed by atoms with Crippen LogP contribution in [0, 0.1) is 5.92 Å². The van der Waals surface area contributed by atoms with Crippen LogP contribution >= 0.6 is 11.5 Å². The smallest absolute Gasteiger partial charge is 0.228 e. The van der Waals surface area contributed by atoms with Gasteiger partial charge in [0.25, 0.3) is 0 Å². The van der Waals surface area contributed by atoms with E-state index < -0.39 is 0 Å². The molecule has 2 rings (SSSR count). The number of fused-ring (bicyclic) bond motifs is 1. The van der Waals surface area contributed by atoms with Gasteiger partial charge < -0.3 is 11.1 Å². The Balaban J connectivity index is 2.17. The number of carbonyl (C=O) groups is 1. The Hall–Kier alpha value is -1.46. The number of hydrogen-bond donors (Lipinski definition) is 2. The Bertz CT molecular complexity index is 509. The number of carbonyl (C=O) groups excluding carboxylic acids is 1. The minimum atomic E-state index is -0.169. The van der Waals surface area contributed by atoms with Gasteiger partial charge in [0.2, 0.25) is 5.91 Å². The number of benzene rings is 1. The molecule has 0 unspecified atom stereocenters. The Morgan fingerprint density at radius 2 is 2.44 bits per heavy atom. The fourth-order valence-corrected chi connectivity index (χ4v) is 2.00. The molecule has 0 aliphatic carbocycles. The van der Waals surface area contributed by atoms with Gasteiger partial charge >= 0.3 is 0 Å². The lowest BCUT2D eigenvalue weighted by atomic mass is 10.1. The van der Waals surface area contributed by atoms with Crippen LogP contribution in [0.4, 0.5) is 5.69 Å². The lowest BCUT2D eigenvalue weighted by molar-refractivity contribution is -0.119. The van der Waals surface area contributed by atoms with E-state index in [2.05, 4.69) is 9.69 Å².